The second-order valence-corrected chi connectivity index (χ2v) is 6.34. The van der Waals surface area contributed by atoms with Gasteiger partial charge in [0.05, 0.1) is 14.2 Å². The molecule has 0 saturated carbocycles. The molecule has 4 nitrogen and oxygen atoms in total. The molecular weight excluding hydrogens is 302 g/mol. The van der Waals surface area contributed by atoms with E-state index in [4.69, 9.17) is 14.2 Å². The van der Waals surface area contributed by atoms with Gasteiger partial charge in [0.1, 0.15) is 11.9 Å². The van der Waals surface area contributed by atoms with E-state index < -0.39 is 0 Å². The molecule has 1 aliphatic rings. The third-order valence-electron chi connectivity index (χ3n) is 4.53. The van der Waals surface area contributed by atoms with Crippen molar-refractivity contribution in [1.29, 1.82) is 0 Å². The molecule has 0 N–H and O–H groups in total. The molecule has 0 bridgehead atoms. The zero-order valence-electron chi connectivity index (χ0n) is 14.8. The lowest BCUT2D eigenvalue weighted by Crippen LogP contribution is -2.26. The van der Waals surface area contributed by atoms with Gasteiger partial charge in [-0.15, -0.1) is 0 Å². The van der Waals surface area contributed by atoms with E-state index in [1.807, 2.05) is 12.1 Å². The molecule has 0 saturated heterocycles. The van der Waals surface area contributed by atoms with E-state index in [1.165, 1.54) is 16.7 Å². The van der Waals surface area contributed by atoms with Crippen LogP contribution in [-0.4, -0.2) is 39.3 Å². The Bertz CT molecular complexity index is 697. The number of ether oxygens (including phenoxy) is 3. The maximum absolute atomic E-state index is 6.32. The highest BCUT2D eigenvalue weighted by molar-refractivity contribution is 5.49. The lowest BCUT2D eigenvalue weighted by atomic mass is 10.00. The molecule has 1 aliphatic heterocycles. The average Bonchev–Trinajstić information content (AvgIpc) is 2.74. The summed E-state index contributed by atoms with van der Waals surface area (Å²) >= 11 is 0. The Hall–Kier alpha value is -2.20. The summed E-state index contributed by atoms with van der Waals surface area (Å²) in [6.07, 6.45) is 0.940. The topological polar surface area (TPSA) is 30.9 Å². The number of hydrogen-bond donors (Lipinski definition) is 0. The standard InChI is InChI=1S/C20H25NO3/c1-14-5-7-16(8-6-14)24-20-13-21(2)10-9-15-11-18(22-3)19(23-4)12-17(15)20/h5-8,11-12,20H,9-10,13H2,1-4H3. The molecular formula is C20H25NO3. The van der Waals surface area contributed by atoms with Gasteiger partial charge in [0, 0.05) is 18.7 Å². The Kier molecular flexibility index (Phi) is 4.95. The van der Waals surface area contributed by atoms with E-state index in [2.05, 4.69) is 43.1 Å². The fourth-order valence-electron chi connectivity index (χ4n) is 3.12. The maximum Gasteiger partial charge on any atom is 0.161 e. The molecule has 4 heteroatoms. The fraction of sp³-hybridized carbons (Fsp3) is 0.400. The van der Waals surface area contributed by atoms with Crippen LogP contribution in [0.4, 0.5) is 0 Å². The first-order chi connectivity index (χ1) is 11.6. The summed E-state index contributed by atoms with van der Waals surface area (Å²) in [5.41, 5.74) is 3.67. The summed E-state index contributed by atoms with van der Waals surface area (Å²) < 4.78 is 17.3. The Morgan fingerprint density at radius 2 is 1.67 bits per heavy atom. The lowest BCUT2D eigenvalue weighted by Gasteiger charge is -2.23. The molecule has 0 spiro atoms. The van der Waals surface area contributed by atoms with Crippen LogP contribution in [0.2, 0.25) is 0 Å². The van der Waals surface area contributed by atoms with Crippen molar-refractivity contribution >= 4 is 0 Å². The number of fused-ring (bicyclic) bond motifs is 1. The highest BCUT2D eigenvalue weighted by Gasteiger charge is 2.25. The molecule has 1 unspecified atom stereocenters. The third kappa shape index (κ3) is 3.49. The lowest BCUT2D eigenvalue weighted by molar-refractivity contribution is 0.156. The smallest absolute Gasteiger partial charge is 0.161 e. The summed E-state index contributed by atoms with van der Waals surface area (Å²) in [5.74, 6) is 2.41. The fourth-order valence-corrected chi connectivity index (χ4v) is 3.12. The van der Waals surface area contributed by atoms with Gasteiger partial charge in [-0.2, -0.15) is 0 Å². The highest BCUT2D eigenvalue weighted by atomic mass is 16.5. The monoisotopic (exact) mass is 327 g/mol. The van der Waals surface area contributed by atoms with Crippen LogP contribution in [0, 0.1) is 6.92 Å². The predicted molar refractivity (Wildman–Crippen MR) is 95.3 cm³/mol. The molecule has 1 atom stereocenters. The van der Waals surface area contributed by atoms with Crippen molar-refractivity contribution < 1.29 is 14.2 Å². The Balaban J connectivity index is 1.98. The van der Waals surface area contributed by atoms with Gasteiger partial charge in [-0.05, 0) is 50.2 Å². The second-order valence-electron chi connectivity index (χ2n) is 6.34. The Labute approximate surface area is 144 Å². The van der Waals surface area contributed by atoms with Crippen molar-refractivity contribution in [1.82, 2.24) is 4.90 Å². The number of likely N-dealkylation sites (N-methyl/N-ethyl adjacent to an activating group) is 1. The normalized spacial score (nSPS) is 17.8. The first kappa shape index (κ1) is 16.7. The number of hydrogen-bond acceptors (Lipinski definition) is 4. The van der Waals surface area contributed by atoms with Gasteiger partial charge in [-0.1, -0.05) is 17.7 Å². The molecule has 2 aromatic rings. The van der Waals surface area contributed by atoms with Crippen LogP contribution in [0.15, 0.2) is 36.4 Å². The van der Waals surface area contributed by atoms with Crippen molar-refractivity contribution in [3.63, 3.8) is 0 Å². The van der Waals surface area contributed by atoms with Crippen molar-refractivity contribution in [3.8, 4) is 17.2 Å². The van der Waals surface area contributed by atoms with E-state index in [1.54, 1.807) is 14.2 Å². The van der Waals surface area contributed by atoms with E-state index in [0.29, 0.717) is 0 Å². The summed E-state index contributed by atoms with van der Waals surface area (Å²) in [5, 5.41) is 0. The van der Waals surface area contributed by atoms with Gasteiger partial charge in [0.2, 0.25) is 0 Å². The molecule has 128 valence electrons. The van der Waals surface area contributed by atoms with Crippen molar-refractivity contribution in [2.24, 2.45) is 0 Å². The van der Waals surface area contributed by atoms with Crippen molar-refractivity contribution in [2.75, 3.05) is 34.4 Å². The molecule has 1 heterocycles. The molecule has 0 aromatic heterocycles. The molecule has 0 aliphatic carbocycles. The van der Waals surface area contributed by atoms with Gasteiger partial charge >= 0.3 is 0 Å². The van der Waals surface area contributed by atoms with Gasteiger partial charge in [-0.3, -0.25) is 0 Å². The van der Waals surface area contributed by atoms with E-state index in [9.17, 15) is 0 Å². The minimum atomic E-state index is -0.0324. The van der Waals surface area contributed by atoms with E-state index in [-0.39, 0.29) is 6.10 Å². The molecule has 0 fully saturated rings. The van der Waals surface area contributed by atoms with Crippen LogP contribution in [0.3, 0.4) is 0 Å². The maximum atomic E-state index is 6.32. The Morgan fingerprint density at radius 3 is 2.33 bits per heavy atom. The molecule has 0 radical (unpaired) electrons. The van der Waals surface area contributed by atoms with Gasteiger partial charge < -0.3 is 19.1 Å². The molecule has 2 aromatic carbocycles. The van der Waals surface area contributed by atoms with Crippen LogP contribution < -0.4 is 14.2 Å². The van der Waals surface area contributed by atoms with Crippen LogP contribution >= 0.6 is 0 Å². The second kappa shape index (κ2) is 7.14. The molecule has 24 heavy (non-hydrogen) atoms. The first-order valence-electron chi connectivity index (χ1n) is 8.27. The van der Waals surface area contributed by atoms with Crippen LogP contribution in [-0.2, 0) is 6.42 Å². The summed E-state index contributed by atoms with van der Waals surface area (Å²) in [7, 11) is 5.47. The summed E-state index contributed by atoms with van der Waals surface area (Å²) in [6, 6.07) is 12.4. The molecule has 3 rings (SSSR count). The van der Waals surface area contributed by atoms with Crippen molar-refractivity contribution in [3.05, 3.63) is 53.1 Å². The average molecular weight is 327 g/mol. The van der Waals surface area contributed by atoms with Crippen molar-refractivity contribution in [2.45, 2.75) is 19.4 Å². The third-order valence-corrected chi connectivity index (χ3v) is 4.53. The zero-order chi connectivity index (χ0) is 17.1. The number of rotatable bonds is 4. The number of methoxy groups -OCH3 is 2. The SMILES string of the molecule is COc1cc2c(cc1OC)C(Oc1ccc(C)cc1)CN(C)CC2. The predicted octanol–water partition coefficient (Wildman–Crippen LogP) is 3.62. The number of aryl methyl sites for hydroxylation is 1. The van der Waals surface area contributed by atoms with Gasteiger partial charge in [-0.25, -0.2) is 0 Å². The minimum absolute atomic E-state index is 0.0324. The first-order valence-corrected chi connectivity index (χ1v) is 8.27. The van der Waals surface area contributed by atoms with Gasteiger partial charge in [0.15, 0.2) is 11.5 Å². The zero-order valence-corrected chi connectivity index (χ0v) is 14.8. The van der Waals surface area contributed by atoms with Crippen LogP contribution in [0.25, 0.3) is 0 Å². The van der Waals surface area contributed by atoms with Crippen LogP contribution in [0.1, 0.15) is 22.8 Å². The minimum Gasteiger partial charge on any atom is -0.493 e. The largest absolute Gasteiger partial charge is 0.493 e. The number of benzene rings is 2. The number of nitrogens with zero attached hydrogens (tertiary/aromatic N) is 1. The summed E-state index contributed by atoms with van der Waals surface area (Å²) in [4.78, 5) is 2.30. The van der Waals surface area contributed by atoms with E-state index >= 15 is 0 Å². The van der Waals surface area contributed by atoms with E-state index in [0.717, 1.165) is 36.8 Å². The summed E-state index contributed by atoms with van der Waals surface area (Å²) in [6.45, 7) is 3.92. The van der Waals surface area contributed by atoms with Gasteiger partial charge in [0.25, 0.3) is 0 Å². The highest BCUT2D eigenvalue weighted by Crippen LogP contribution is 2.36. The molecule has 0 amide bonds. The Morgan fingerprint density at radius 1 is 1.00 bits per heavy atom. The quantitative estimate of drug-likeness (QED) is 0.858. The van der Waals surface area contributed by atoms with Crippen LogP contribution in [0.5, 0.6) is 17.2 Å².